The summed E-state index contributed by atoms with van der Waals surface area (Å²) in [5.74, 6) is 0. The van der Waals surface area contributed by atoms with Gasteiger partial charge < -0.3 is 14.6 Å². The quantitative estimate of drug-likeness (QED) is 0.147. The minimum atomic E-state index is -0.250. The van der Waals surface area contributed by atoms with E-state index in [0.29, 0.717) is 0 Å². The van der Waals surface area contributed by atoms with Crippen molar-refractivity contribution in [2.45, 2.75) is 145 Å². The molecule has 13 rings (SSSR count). The monoisotopic (exact) mass is 1120 g/mol. The summed E-state index contributed by atoms with van der Waals surface area (Å²) < 4.78 is 0. The number of aryl methyl sites for hydroxylation is 3. The Labute approximate surface area is 514 Å². The van der Waals surface area contributed by atoms with Crippen molar-refractivity contribution in [3.05, 3.63) is 250 Å². The smallest absolute Gasteiger partial charge is 0.333 e. The van der Waals surface area contributed by atoms with Crippen LogP contribution < -0.4 is 25.5 Å². The van der Waals surface area contributed by atoms with E-state index >= 15 is 0 Å². The first-order valence-electron chi connectivity index (χ1n) is 31.3. The molecule has 0 saturated carbocycles. The highest BCUT2D eigenvalue weighted by Gasteiger charge is 2.50. The fraction of sp³-hybridized carbons (Fsp3) is 0.268. The van der Waals surface area contributed by atoms with Crippen molar-refractivity contribution in [3.63, 3.8) is 0 Å². The maximum absolute atomic E-state index is 2.74. The van der Waals surface area contributed by atoms with E-state index in [0.717, 1.165) is 22.7 Å². The zero-order valence-electron chi connectivity index (χ0n) is 54.0. The van der Waals surface area contributed by atoms with Gasteiger partial charge in [-0.25, -0.2) is 0 Å². The van der Waals surface area contributed by atoms with E-state index in [9.17, 15) is 0 Å². The molecule has 10 aromatic rings. The van der Waals surface area contributed by atoms with Gasteiger partial charge in [0.2, 0.25) is 0 Å². The molecule has 0 bridgehead atoms. The lowest BCUT2D eigenvalue weighted by molar-refractivity contribution is 0.590. The minimum absolute atomic E-state index is 0.00803. The molecule has 0 N–H and O–H groups in total. The second-order valence-corrected chi connectivity index (χ2v) is 29.7. The van der Waals surface area contributed by atoms with Gasteiger partial charge >= 0.3 is 6.85 Å². The van der Waals surface area contributed by atoms with Crippen molar-refractivity contribution < 1.29 is 0 Å². The van der Waals surface area contributed by atoms with Crippen molar-refractivity contribution in [1.82, 2.24) is 0 Å². The van der Waals surface area contributed by atoms with Crippen LogP contribution in [0.3, 0.4) is 0 Å². The summed E-state index contributed by atoms with van der Waals surface area (Å²) >= 11 is 0. The summed E-state index contributed by atoms with van der Waals surface area (Å²) in [5.41, 5.74) is 33.4. The van der Waals surface area contributed by atoms with Gasteiger partial charge in [0.05, 0.1) is 5.69 Å². The molecule has 2 heterocycles. The largest absolute Gasteiger partial charge is 0.376 e. The maximum Gasteiger partial charge on any atom is 0.333 e. The van der Waals surface area contributed by atoms with Crippen LogP contribution in [-0.4, -0.2) is 6.85 Å². The first-order valence-corrected chi connectivity index (χ1v) is 31.3. The van der Waals surface area contributed by atoms with Crippen molar-refractivity contribution >= 4 is 63.3 Å². The molecule has 430 valence electrons. The molecule has 0 saturated heterocycles. The molecule has 0 spiro atoms. The van der Waals surface area contributed by atoms with Gasteiger partial charge in [-0.2, -0.15) is 0 Å². The minimum Gasteiger partial charge on any atom is -0.376 e. The molecule has 10 aromatic carbocycles. The molecule has 86 heavy (non-hydrogen) atoms. The Hall–Kier alpha value is -8.34. The Morgan fingerprint density at radius 1 is 0.360 bits per heavy atom. The fourth-order valence-corrected chi connectivity index (χ4v) is 14.5. The third-order valence-corrected chi connectivity index (χ3v) is 19.1. The summed E-state index contributed by atoms with van der Waals surface area (Å²) in [6.45, 7) is 39.2. The Kier molecular flexibility index (Phi) is 13.3. The molecule has 0 atom stereocenters. The lowest BCUT2D eigenvalue weighted by atomic mass is 9.42. The van der Waals surface area contributed by atoms with Gasteiger partial charge in [0.15, 0.2) is 0 Å². The third kappa shape index (κ3) is 9.42. The Balaban J connectivity index is 1.19. The van der Waals surface area contributed by atoms with Crippen LogP contribution in [0.5, 0.6) is 0 Å². The summed E-state index contributed by atoms with van der Waals surface area (Å²) in [6.07, 6.45) is 0. The Morgan fingerprint density at radius 3 is 1.47 bits per heavy atom. The van der Waals surface area contributed by atoms with Gasteiger partial charge in [0.25, 0.3) is 0 Å². The zero-order valence-corrected chi connectivity index (χ0v) is 54.0. The van der Waals surface area contributed by atoms with Crippen LogP contribution in [0.15, 0.2) is 200 Å². The predicted molar refractivity (Wildman–Crippen MR) is 372 cm³/mol. The molecule has 3 aliphatic rings. The van der Waals surface area contributed by atoms with E-state index in [2.05, 4.69) is 333 Å². The van der Waals surface area contributed by atoms with E-state index in [4.69, 9.17) is 0 Å². The molecule has 2 aliphatic heterocycles. The van der Waals surface area contributed by atoms with Crippen LogP contribution in [0.2, 0.25) is 0 Å². The molecular formula is C82H84BN3. The number of rotatable bonds is 7. The highest BCUT2D eigenvalue weighted by atomic mass is 15.2. The molecule has 1 aliphatic carbocycles. The molecule has 3 nitrogen and oxygen atoms in total. The molecule has 0 amide bonds. The van der Waals surface area contributed by atoms with Crippen LogP contribution in [0.25, 0.3) is 44.5 Å². The second kappa shape index (κ2) is 20.1. The second-order valence-electron chi connectivity index (χ2n) is 29.7. The standard InChI is InChI=1S/C82H84BN3/c1-51-45-52(2)74(53(3)46-51)55-47-67-64-41-40-63(84(60-34-27-56(28-35-60)78(4,5)6)61-36-29-57(30-37-61)79(7,8)9)50-72(64)86(62-38-31-58(32-39-62)80(10,11)12)83-76(67)73(48-55)85(70-43-33-59(81(13,14)15)49-66(70)54-23-19-18-20-24-54)71-44-42-69-75(77(71)83)65-25-21-22-26-68(65)82(69,16)17/h18-50H,1-17H3. The number of hydrogen-bond acceptors (Lipinski definition) is 3. The number of fused-ring (bicyclic) bond motifs is 8. The van der Waals surface area contributed by atoms with Crippen LogP contribution in [0, 0.1) is 20.8 Å². The molecule has 4 heteroatoms. The normalized spacial score (nSPS) is 14.1. The van der Waals surface area contributed by atoms with Crippen LogP contribution in [0.1, 0.15) is 147 Å². The average Bonchev–Trinajstić information content (AvgIpc) is 1.14. The summed E-state index contributed by atoms with van der Waals surface area (Å²) in [5, 5.41) is 0. The highest BCUT2D eigenvalue weighted by Crippen LogP contribution is 2.56. The zero-order chi connectivity index (χ0) is 60.7. The lowest BCUT2D eigenvalue weighted by Crippen LogP contribution is -2.62. The van der Waals surface area contributed by atoms with Crippen LogP contribution in [-0.2, 0) is 27.1 Å². The van der Waals surface area contributed by atoms with Crippen LogP contribution >= 0.6 is 0 Å². The number of hydrogen-bond donors (Lipinski definition) is 0. The third-order valence-electron chi connectivity index (χ3n) is 19.1. The topological polar surface area (TPSA) is 9.72 Å². The van der Waals surface area contributed by atoms with Crippen LogP contribution in [0.4, 0.5) is 45.5 Å². The molecular weight excluding hydrogens is 1040 g/mol. The molecule has 0 radical (unpaired) electrons. The summed E-state index contributed by atoms with van der Waals surface area (Å²) in [4.78, 5) is 7.91. The average molecular weight is 1120 g/mol. The van der Waals surface area contributed by atoms with E-state index in [1.807, 2.05) is 0 Å². The maximum atomic E-state index is 2.74. The Bertz CT molecular complexity index is 4230. The number of nitrogens with zero attached hydrogens (tertiary/aromatic N) is 3. The van der Waals surface area contributed by atoms with E-state index in [1.54, 1.807) is 0 Å². The summed E-state index contributed by atoms with van der Waals surface area (Å²) in [7, 11) is 0. The van der Waals surface area contributed by atoms with Gasteiger partial charge in [-0.05, 0) is 210 Å². The van der Waals surface area contributed by atoms with Gasteiger partial charge in [-0.1, -0.05) is 224 Å². The molecule has 0 aromatic heterocycles. The van der Waals surface area contributed by atoms with E-state index in [1.165, 1.54) is 128 Å². The first-order chi connectivity index (χ1) is 40.7. The van der Waals surface area contributed by atoms with Gasteiger partial charge in [-0.15, -0.1) is 0 Å². The van der Waals surface area contributed by atoms with Gasteiger partial charge in [0.1, 0.15) is 0 Å². The highest BCUT2D eigenvalue weighted by molar-refractivity contribution is 6.94. The van der Waals surface area contributed by atoms with Crippen molar-refractivity contribution in [2.24, 2.45) is 0 Å². The number of benzene rings is 10. The van der Waals surface area contributed by atoms with Crippen molar-refractivity contribution in [3.8, 4) is 44.5 Å². The predicted octanol–water partition coefficient (Wildman–Crippen LogP) is 21.6. The van der Waals surface area contributed by atoms with Crippen molar-refractivity contribution in [2.75, 3.05) is 14.6 Å². The lowest BCUT2D eigenvalue weighted by Gasteiger charge is -2.47. The first kappa shape index (κ1) is 56.8. The SMILES string of the molecule is Cc1cc(C)c(-c2cc3c4c(c2)N(c2ccc(C(C)(C)C)cc2-c2ccccc2)c2ccc5c(c2B4N(c2ccc(C(C)(C)C)cc2)c2cc(N(c4ccc(C(C)(C)C)cc4)c4ccc(C(C)(C)C)cc4)ccc2-3)-c2ccccc2C5(C)C)c(C)c1. The Morgan fingerprint density at radius 2 is 0.884 bits per heavy atom. The van der Waals surface area contributed by atoms with E-state index in [-0.39, 0.29) is 33.9 Å². The molecule has 0 fully saturated rings. The summed E-state index contributed by atoms with van der Waals surface area (Å²) in [6, 6.07) is 78.1. The van der Waals surface area contributed by atoms with Crippen molar-refractivity contribution in [1.29, 1.82) is 0 Å². The van der Waals surface area contributed by atoms with Gasteiger partial charge in [0, 0.05) is 56.4 Å². The number of anilines is 8. The molecule has 0 unspecified atom stereocenters. The fourth-order valence-electron chi connectivity index (χ4n) is 14.5. The van der Waals surface area contributed by atoms with E-state index < -0.39 is 0 Å². The van der Waals surface area contributed by atoms with Gasteiger partial charge in [-0.3, -0.25) is 0 Å².